The third kappa shape index (κ3) is 2.70. The van der Waals surface area contributed by atoms with Crippen molar-refractivity contribution in [3.8, 4) is 0 Å². The monoisotopic (exact) mass is 289 g/mol. The number of likely N-dealkylation sites (tertiary alicyclic amines) is 1. The van der Waals surface area contributed by atoms with Crippen LogP contribution < -0.4 is 5.32 Å². The SMILES string of the molecule is O=C(c1cc(C2CC2)[nH]n1)N1CCC(N2CCNCC2)C1. The Labute approximate surface area is 124 Å². The van der Waals surface area contributed by atoms with Crippen LogP contribution in [0.5, 0.6) is 0 Å². The second kappa shape index (κ2) is 5.42. The van der Waals surface area contributed by atoms with Gasteiger partial charge in [-0.15, -0.1) is 0 Å². The minimum atomic E-state index is 0.0933. The molecule has 0 aromatic carbocycles. The lowest BCUT2D eigenvalue weighted by molar-refractivity contribution is 0.0767. The first kappa shape index (κ1) is 13.3. The highest BCUT2D eigenvalue weighted by atomic mass is 16.2. The molecule has 1 aromatic heterocycles. The molecule has 1 saturated carbocycles. The Morgan fingerprint density at radius 3 is 2.76 bits per heavy atom. The minimum absolute atomic E-state index is 0.0933. The van der Waals surface area contributed by atoms with Crippen molar-refractivity contribution in [1.82, 2.24) is 25.3 Å². The van der Waals surface area contributed by atoms with E-state index >= 15 is 0 Å². The number of piperazine rings is 1. The summed E-state index contributed by atoms with van der Waals surface area (Å²) in [6.07, 6.45) is 3.54. The summed E-state index contributed by atoms with van der Waals surface area (Å²) in [6.45, 7) is 6.04. The standard InChI is InChI=1S/C15H23N5O/c21-15(14-9-13(17-18-14)11-1-2-11)20-6-3-12(10-20)19-7-4-16-5-8-19/h9,11-12,16H,1-8,10H2,(H,17,18). The topological polar surface area (TPSA) is 64.3 Å². The fourth-order valence-electron chi connectivity index (χ4n) is 3.48. The number of hydrogen-bond acceptors (Lipinski definition) is 4. The number of aromatic amines is 1. The van der Waals surface area contributed by atoms with E-state index in [-0.39, 0.29) is 5.91 Å². The minimum Gasteiger partial charge on any atom is -0.336 e. The van der Waals surface area contributed by atoms with E-state index in [1.165, 1.54) is 12.8 Å². The van der Waals surface area contributed by atoms with E-state index in [0.717, 1.165) is 51.4 Å². The summed E-state index contributed by atoms with van der Waals surface area (Å²) in [7, 11) is 0. The molecule has 21 heavy (non-hydrogen) atoms. The van der Waals surface area contributed by atoms with E-state index in [9.17, 15) is 4.79 Å². The van der Waals surface area contributed by atoms with Gasteiger partial charge in [-0.1, -0.05) is 0 Å². The van der Waals surface area contributed by atoms with Crippen LogP contribution in [0.2, 0.25) is 0 Å². The lowest BCUT2D eigenvalue weighted by Crippen LogP contribution is -2.49. The third-order valence-corrected chi connectivity index (χ3v) is 4.95. The van der Waals surface area contributed by atoms with Crippen LogP contribution in [-0.4, -0.2) is 71.2 Å². The van der Waals surface area contributed by atoms with Crippen LogP contribution in [0.25, 0.3) is 0 Å². The zero-order chi connectivity index (χ0) is 14.2. The molecule has 1 unspecified atom stereocenters. The Morgan fingerprint density at radius 2 is 2.00 bits per heavy atom. The molecule has 3 heterocycles. The van der Waals surface area contributed by atoms with Gasteiger partial charge in [0.1, 0.15) is 5.69 Å². The lowest BCUT2D eigenvalue weighted by atomic mass is 10.2. The van der Waals surface area contributed by atoms with Crippen molar-refractivity contribution in [2.24, 2.45) is 0 Å². The molecule has 1 amide bonds. The van der Waals surface area contributed by atoms with Crippen molar-refractivity contribution in [2.75, 3.05) is 39.3 Å². The molecule has 1 aromatic rings. The number of aromatic nitrogens is 2. The van der Waals surface area contributed by atoms with Crippen molar-refractivity contribution in [3.05, 3.63) is 17.5 Å². The molecule has 2 aliphatic heterocycles. The highest BCUT2D eigenvalue weighted by Gasteiger charge is 2.33. The summed E-state index contributed by atoms with van der Waals surface area (Å²) >= 11 is 0. The van der Waals surface area contributed by atoms with Crippen LogP contribution in [0.15, 0.2) is 6.07 Å². The predicted octanol–water partition coefficient (Wildman–Crippen LogP) is 0.407. The van der Waals surface area contributed by atoms with Crippen molar-refractivity contribution < 1.29 is 4.79 Å². The summed E-state index contributed by atoms with van der Waals surface area (Å²) < 4.78 is 0. The quantitative estimate of drug-likeness (QED) is 0.846. The molecule has 2 saturated heterocycles. The van der Waals surface area contributed by atoms with Gasteiger partial charge in [-0.3, -0.25) is 14.8 Å². The largest absolute Gasteiger partial charge is 0.336 e. The highest BCUT2D eigenvalue weighted by molar-refractivity contribution is 5.92. The molecular weight excluding hydrogens is 266 g/mol. The van der Waals surface area contributed by atoms with Crippen molar-refractivity contribution >= 4 is 5.91 Å². The van der Waals surface area contributed by atoms with E-state index in [2.05, 4.69) is 20.4 Å². The molecule has 6 heteroatoms. The van der Waals surface area contributed by atoms with Crippen LogP contribution >= 0.6 is 0 Å². The number of H-pyrrole nitrogens is 1. The van der Waals surface area contributed by atoms with Crippen LogP contribution in [0.3, 0.4) is 0 Å². The molecule has 6 nitrogen and oxygen atoms in total. The number of carbonyl (C=O) groups is 1. The fraction of sp³-hybridized carbons (Fsp3) is 0.733. The van der Waals surface area contributed by atoms with Crippen LogP contribution in [0.1, 0.15) is 41.4 Å². The highest BCUT2D eigenvalue weighted by Crippen LogP contribution is 2.39. The number of nitrogens with zero attached hydrogens (tertiary/aromatic N) is 3. The Balaban J connectivity index is 1.38. The Hall–Kier alpha value is -1.40. The van der Waals surface area contributed by atoms with Crippen LogP contribution in [0, 0.1) is 0 Å². The van der Waals surface area contributed by atoms with E-state index < -0.39 is 0 Å². The van der Waals surface area contributed by atoms with Crippen molar-refractivity contribution in [1.29, 1.82) is 0 Å². The Kier molecular flexibility index (Phi) is 3.43. The number of carbonyl (C=O) groups excluding carboxylic acids is 1. The van der Waals surface area contributed by atoms with Gasteiger partial charge >= 0.3 is 0 Å². The first-order valence-corrected chi connectivity index (χ1v) is 8.10. The third-order valence-electron chi connectivity index (χ3n) is 4.95. The maximum atomic E-state index is 12.5. The second-order valence-electron chi connectivity index (χ2n) is 6.46. The Morgan fingerprint density at radius 1 is 1.19 bits per heavy atom. The van der Waals surface area contributed by atoms with Gasteiger partial charge in [0.2, 0.25) is 0 Å². The normalized spacial score (nSPS) is 27.2. The molecule has 3 aliphatic rings. The molecule has 3 fully saturated rings. The zero-order valence-corrected chi connectivity index (χ0v) is 12.3. The average molecular weight is 289 g/mol. The van der Waals surface area contributed by atoms with Gasteiger partial charge in [-0.25, -0.2) is 0 Å². The van der Waals surface area contributed by atoms with Crippen LogP contribution in [-0.2, 0) is 0 Å². The molecule has 114 valence electrons. The average Bonchev–Trinajstić information content (AvgIpc) is 3.06. The molecule has 2 N–H and O–H groups in total. The molecule has 1 aliphatic carbocycles. The summed E-state index contributed by atoms with van der Waals surface area (Å²) in [6, 6.07) is 2.48. The van der Waals surface area contributed by atoms with Gasteiger partial charge in [0.25, 0.3) is 5.91 Å². The predicted molar refractivity (Wildman–Crippen MR) is 79.3 cm³/mol. The summed E-state index contributed by atoms with van der Waals surface area (Å²) in [5.41, 5.74) is 1.73. The van der Waals surface area contributed by atoms with E-state index in [1.54, 1.807) is 0 Å². The summed E-state index contributed by atoms with van der Waals surface area (Å²) in [5, 5.41) is 10.6. The lowest BCUT2D eigenvalue weighted by Gasteiger charge is -2.32. The van der Waals surface area contributed by atoms with Gasteiger partial charge < -0.3 is 10.2 Å². The summed E-state index contributed by atoms with van der Waals surface area (Å²) in [5.74, 6) is 0.710. The maximum absolute atomic E-state index is 12.5. The second-order valence-corrected chi connectivity index (χ2v) is 6.46. The van der Waals surface area contributed by atoms with Crippen molar-refractivity contribution in [2.45, 2.75) is 31.2 Å². The zero-order valence-electron chi connectivity index (χ0n) is 12.3. The fourth-order valence-corrected chi connectivity index (χ4v) is 3.48. The van der Waals surface area contributed by atoms with Crippen molar-refractivity contribution in [3.63, 3.8) is 0 Å². The van der Waals surface area contributed by atoms with Gasteiger partial charge in [0.05, 0.1) is 0 Å². The number of nitrogens with one attached hydrogen (secondary N) is 2. The summed E-state index contributed by atoms with van der Waals surface area (Å²) in [4.78, 5) is 17.0. The van der Waals surface area contributed by atoms with E-state index in [1.807, 2.05) is 11.0 Å². The molecule has 4 rings (SSSR count). The number of hydrogen-bond donors (Lipinski definition) is 2. The molecule has 0 spiro atoms. The smallest absolute Gasteiger partial charge is 0.274 e. The Bertz CT molecular complexity index is 518. The molecule has 0 radical (unpaired) electrons. The molecular formula is C15H23N5O. The number of rotatable bonds is 3. The molecule has 1 atom stereocenters. The van der Waals surface area contributed by atoms with Gasteiger partial charge in [0, 0.05) is 56.9 Å². The molecule has 0 bridgehead atoms. The van der Waals surface area contributed by atoms with Gasteiger partial charge in [0.15, 0.2) is 0 Å². The first-order chi connectivity index (χ1) is 10.3. The van der Waals surface area contributed by atoms with Gasteiger partial charge in [-0.2, -0.15) is 5.10 Å². The van der Waals surface area contributed by atoms with E-state index in [4.69, 9.17) is 0 Å². The maximum Gasteiger partial charge on any atom is 0.274 e. The van der Waals surface area contributed by atoms with Gasteiger partial charge in [-0.05, 0) is 25.3 Å². The van der Waals surface area contributed by atoms with Crippen LogP contribution in [0.4, 0.5) is 0 Å². The number of amides is 1. The van der Waals surface area contributed by atoms with E-state index in [0.29, 0.717) is 17.7 Å². The first-order valence-electron chi connectivity index (χ1n) is 8.10.